The van der Waals surface area contributed by atoms with Gasteiger partial charge in [0, 0.05) is 18.5 Å². The second-order valence-corrected chi connectivity index (χ2v) is 5.94. The minimum absolute atomic E-state index is 0.0755. The Bertz CT molecular complexity index is 836. The van der Waals surface area contributed by atoms with Gasteiger partial charge in [0.1, 0.15) is 11.6 Å². The Morgan fingerprint density at radius 2 is 2.22 bits per heavy atom. The molecule has 2 heterocycles. The van der Waals surface area contributed by atoms with E-state index >= 15 is 0 Å². The van der Waals surface area contributed by atoms with Crippen LogP contribution in [0.25, 0.3) is 5.78 Å². The first-order valence-corrected chi connectivity index (χ1v) is 7.51. The number of thioether (sulfide) groups is 1. The van der Waals surface area contributed by atoms with Crippen molar-refractivity contribution in [1.29, 1.82) is 0 Å². The molecule has 1 aromatic carbocycles. The summed E-state index contributed by atoms with van der Waals surface area (Å²) in [6.45, 7) is 1.64. The van der Waals surface area contributed by atoms with Gasteiger partial charge in [-0.1, -0.05) is 11.8 Å². The van der Waals surface area contributed by atoms with Crippen molar-refractivity contribution in [2.75, 3.05) is 5.32 Å². The van der Waals surface area contributed by atoms with E-state index in [-0.39, 0.29) is 5.69 Å². The highest BCUT2D eigenvalue weighted by Crippen LogP contribution is 2.22. The minimum Gasteiger partial charge on any atom is -0.323 e. The number of hydrogen-bond acceptors (Lipinski definition) is 5. The topological polar surface area (TPSA) is 72.2 Å². The van der Waals surface area contributed by atoms with Gasteiger partial charge in [0.2, 0.25) is 11.1 Å². The predicted molar refractivity (Wildman–Crippen MR) is 81.1 cm³/mol. The Kier molecular flexibility index (Phi) is 4.20. The van der Waals surface area contributed by atoms with Gasteiger partial charge in [-0.05, 0) is 25.1 Å². The highest BCUT2D eigenvalue weighted by Gasteiger charge is 2.19. The number of amides is 1. The molecule has 1 N–H and O–H groups in total. The first kappa shape index (κ1) is 15.3. The molecule has 0 spiro atoms. The monoisotopic (exact) mass is 335 g/mol. The van der Waals surface area contributed by atoms with Gasteiger partial charge in [0.25, 0.3) is 5.78 Å². The summed E-state index contributed by atoms with van der Waals surface area (Å²) in [5, 5.41) is 6.39. The van der Waals surface area contributed by atoms with Gasteiger partial charge in [-0.15, -0.1) is 5.10 Å². The molecule has 0 fully saturated rings. The highest BCUT2D eigenvalue weighted by atomic mass is 32.2. The molecule has 1 amide bonds. The van der Waals surface area contributed by atoms with E-state index in [2.05, 4.69) is 20.4 Å². The standard InChI is InChI=1S/C14H11F2N5OS/c1-8(12(22)18-11-4-3-9(15)7-10(11)16)23-14-19-13-17-5-2-6-21(13)20-14/h2-8H,1H3,(H,18,22). The largest absolute Gasteiger partial charge is 0.323 e. The van der Waals surface area contributed by atoms with E-state index in [4.69, 9.17) is 0 Å². The number of hydrogen-bond donors (Lipinski definition) is 1. The lowest BCUT2D eigenvalue weighted by Gasteiger charge is -2.10. The van der Waals surface area contributed by atoms with E-state index in [0.717, 1.165) is 17.8 Å². The van der Waals surface area contributed by atoms with Crippen molar-refractivity contribution in [2.24, 2.45) is 0 Å². The van der Waals surface area contributed by atoms with Crippen LogP contribution >= 0.6 is 11.8 Å². The van der Waals surface area contributed by atoms with Crippen LogP contribution in [0.4, 0.5) is 14.5 Å². The Labute approximate surface area is 133 Å². The van der Waals surface area contributed by atoms with Gasteiger partial charge in [-0.3, -0.25) is 4.79 Å². The molecular formula is C14H11F2N5OS. The van der Waals surface area contributed by atoms with Crippen LogP contribution < -0.4 is 5.32 Å². The predicted octanol–water partition coefficient (Wildman–Crippen LogP) is 2.52. The fourth-order valence-corrected chi connectivity index (χ4v) is 2.55. The van der Waals surface area contributed by atoms with Crippen molar-refractivity contribution in [1.82, 2.24) is 19.6 Å². The minimum atomic E-state index is -0.828. The maximum Gasteiger partial charge on any atom is 0.253 e. The van der Waals surface area contributed by atoms with Gasteiger partial charge in [-0.2, -0.15) is 4.98 Å². The zero-order valence-electron chi connectivity index (χ0n) is 11.9. The summed E-state index contributed by atoms with van der Waals surface area (Å²) in [6, 6.07) is 4.67. The van der Waals surface area contributed by atoms with Gasteiger partial charge >= 0.3 is 0 Å². The van der Waals surface area contributed by atoms with Crippen molar-refractivity contribution in [2.45, 2.75) is 17.3 Å². The zero-order chi connectivity index (χ0) is 16.4. The molecule has 2 aromatic heterocycles. The maximum absolute atomic E-state index is 13.5. The SMILES string of the molecule is CC(Sc1nc2ncccn2n1)C(=O)Nc1ccc(F)cc1F. The summed E-state index contributed by atoms with van der Waals surface area (Å²) in [5.74, 6) is -1.55. The number of nitrogens with zero attached hydrogens (tertiary/aromatic N) is 4. The average Bonchev–Trinajstić information content (AvgIpc) is 2.92. The second kappa shape index (κ2) is 6.29. The molecule has 0 saturated carbocycles. The smallest absolute Gasteiger partial charge is 0.253 e. The van der Waals surface area contributed by atoms with Crippen molar-refractivity contribution in [3.63, 3.8) is 0 Å². The molecule has 6 nitrogen and oxygen atoms in total. The molecule has 1 atom stereocenters. The summed E-state index contributed by atoms with van der Waals surface area (Å²) in [4.78, 5) is 20.3. The van der Waals surface area contributed by atoms with Crippen LogP contribution in [0.1, 0.15) is 6.92 Å². The third kappa shape index (κ3) is 3.45. The fraction of sp³-hybridized carbons (Fsp3) is 0.143. The number of carbonyl (C=O) groups is 1. The molecule has 0 aliphatic rings. The molecular weight excluding hydrogens is 324 g/mol. The summed E-state index contributed by atoms with van der Waals surface area (Å²) < 4.78 is 27.9. The van der Waals surface area contributed by atoms with Crippen molar-refractivity contribution < 1.29 is 13.6 Å². The Balaban J connectivity index is 1.69. The molecule has 23 heavy (non-hydrogen) atoms. The number of halogens is 2. The van der Waals surface area contributed by atoms with Gasteiger partial charge in [-0.25, -0.2) is 18.3 Å². The lowest BCUT2D eigenvalue weighted by molar-refractivity contribution is -0.115. The Hall–Kier alpha value is -2.55. The Morgan fingerprint density at radius 3 is 2.96 bits per heavy atom. The van der Waals surface area contributed by atoms with Crippen molar-refractivity contribution in [3.05, 3.63) is 48.3 Å². The number of fused-ring (bicyclic) bond motifs is 1. The van der Waals surface area contributed by atoms with Crippen molar-refractivity contribution >= 4 is 29.1 Å². The number of benzene rings is 1. The maximum atomic E-state index is 13.5. The van der Waals surface area contributed by atoms with Gasteiger partial charge in [0.15, 0.2) is 0 Å². The zero-order valence-corrected chi connectivity index (χ0v) is 12.7. The second-order valence-electron chi connectivity index (χ2n) is 4.63. The van der Waals surface area contributed by atoms with Crippen LogP contribution in [-0.2, 0) is 4.79 Å². The van der Waals surface area contributed by atoms with E-state index in [1.807, 2.05) is 0 Å². The normalized spacial score (nSPS) is 12.3. The van der Waals surface area contributed by atoms with Crippen molar-refractivity contribution in [3.8, 4) is 0 Å². The third-order valence-corrected chi connectivity index (χ3v) is 3.89. The number of anilines is 1. The molecule has 3 rings (SSSR count). The molecule has 1 unspecified atom stereocenters. The highest BCUT2D eigenvalue weighted by molar-refractivity contribution is 8.00. The van der Waals surface area contributed by atoms with Crippen LogP contribution in [0.15, 0.2) is 41.8 Å². The molecule has 0 aliphatic heterocycles. The van der Waals surface area contributed by atoms with Crippen LogP contribution in [0.3, 0.4) is 0 Å². The molecule has 0 aliphatic carbocycles. The molecule has 9 heteroatoms. The molecule has 0 saturated heterocycles. The lowest BCUT2D eigenvalue weighted by atomic mass is 10.3. The van der Waals surface area contributed by atoms with E-state index in [0.29, 0.717) is 17.0 Å². The van der Waals surface area contributed by atoms with E-state index < -0.39 is 22.8 Å². The molecule has 0 radical (unpaired) electrons. The molecule has 118 valence electrons. The first-order chi connectivity index (χ1) is 11.0. The van der Waals surface area contributed by atoms with E-state index in [9.17, 15) is 13.6 Å². The van der Waals surface area contributed by atoms with Crippen LogP contribution in [0.5, 0.6) is 0 Å². The van der Waals surface area contributed by atoms with E-state index in [1.54, 1.807) is 25.4 Å². The third-order valence-electron chi connectivity index (χ3n) is 2.94. The van der Waals surface area contributed by atoms with E-state index in [1.165, 1.54) is 10.6 Å². The number of aromatic nitrogens is 4. The Morgan fingerprint density at radius 1 is 1.39 bits per heavy atom. The number of carbonyl (C=O) groups excluding carboxylic acids is 1. The summed E-state index contributed by atoms with van der Waals surface area (Å²) in [7, 11) is 0. The summed E-state index contributed by atoms with van der Waals surface area (Å²) in [6.07, 6.45) is 3.28. The number of rotatable bonds is 4. The molecule has 0 bridgehead atoms. The van der Waals surface area contributed by atoms with Gasteiger partial charge < -0.3 is 5.32 Å². The van der Waals surface area contributed by atoms with Crippen LogP contribution in [-0.4, -0.2) is 30.7 Å². The van der Waals surface area contributed by atoms with Crippen LogP contribution in [0.2, 0.25) is 0 Å². The first-order valence-electron chi connectivity index (χ1n) is 6.63. The van der Waals surface area contributed by atoms with Gasteiger partial charge in [0.05, 0.1) is 10.9 Å². The number of nitrogens with one attached hydrogen (secondary N) is 1. The lowest BCUT2D eigenvalue weighted by Crippen LogP contribution is -2.23. The summed E-state index contributed by atoms with van der Waals surface area (Å²) >= 11 is 1.11. The average molecular weight is 335 g/mol. The summed E-state index contributed by atoms with van der Waals surface area (Å²) in [5.41, 5.74) is -0.0755. The quantitative estimate of drug-likeness (QED) is 0.742. The molecule has 3 aromatic rings. The van der Waals surface area contributed by atoms with Crippen LogP contribution in [0, 0.1) is 11.6 Å². The fourth-order valence-electron chi connectivity index (χ4n) is 1.80.